The molecule has 70 heavy (non-hydrogen) atoms. The summed E-state index contributed by atoms with van der Waals surface area (Å²) in [6.45, 7) is 10.6. The molecule has 2 aromatic rings. The minimum absolute atomic E-state index is 0.0415. The number of aromatic nitrogens is 2. The molecule has 0 bridgehead atoms. The number of aromatic amines is 1. The second kappa shape index (κ2) is 27.7. The van der Waals surface area contributed by atoms with Crippen molar-refractivity contribution < 1.29 is 48.6 Å². The predicted octanol–water partition coefficient (Wildman–Crippen LogP) is -0.998. The molecule has 8 atom stereocenters. The molecule has 0 saturated carbocycles. The third kappa shape index (κ3) is 17.5. The summed E-state index contributed by atoms with van der Waals surface area (Å²) in [4.78, 5) is 122. The number of phenols is 1. The first-order valence-corrected chi connectivity index (χ1v) is 24.6. The van der Waals surface area contributed by atoms with E-state index in [9.17, 15) is 48.6 Å². The van der Waals surface area contributed by atoms with Gasteiger partial charge in [-0.2, -0.15) is 11.8 Å². The van der Waals surface area contributed by atoms with Crippen LogP contribution >= 0.6 is 11.8 Å². The molecule has 23 nitrogen and oxygen atoms in total. The summed E-state index contributed by atoms with van der Waals surface area (Å²) in [5, 5.41) is 39.0. The highest BCUT2D eigenvalue weighted by Crippen LogP contribution is 2.27. The van der Waals surface area contributed by atoms with Crippen LogP contribution in [0.3, 0.4) is 0 Å². The summed E-state index contributed by atoms with van der Waals surface area (Å²) in [5.41, 5.74) is 11.9. The van der Waals surface area contributed by atoms with Crippen LogP contribution in [0.5, 0.6) is 5.75 Å². The third-order valence-corrected chi connectivity index (χ3v) is 13.5. The molecule has 14 N–H and O–H groups in total. The zero-order chi connectivity index (χ0) is 52.3. The number of hydrogen-bond donors (Lipinski definition) is 12. The highest BCUT2D eigenvalue weighted by Gasteiger charge is 2.43. The lowest BCUT2D eigenvalue weighted by Gasteiger charge is -2.35. The van der Waals surface area contributed by atoms with Crippen molar-refractivity contribution in [3.8, 4) is 5.75 Å². The Labute approximate surface area is 413 Å². The molecule has 0 radical (unpaired) electrons. The van der Waals surface area contributed by atoms with Crippen LogP contribution in [0.4, 0.5) is 0 Å². The van der Waals surface area contributed by atoms with Crippen LogP contribution in [0.15, 0.2) is 41.8 Å². The van der Waals surface area contributed by atoms with Crippen molar-refractivity contribution in [3.05, 3.63) is 48.0 Å². The molecule has 1 aromatic heterocycles. The van der Waals surface area contributed by atoms with Crippen molar-refractivity contribution in [2.75, 3.05) is 32.9 Å². The van der Waals surface area contributed by atoms with Gasteiger partial charge in [0.15, 0.2) is 5.96 Å². The number of carbonyl (C=O) groups excluding carboxylic acids is 7. The Balaban J connectivity index is 1.96. The van der Waals surface area contributed by atoms with Crippen molar-refractivity contribution >= 4 is 65.0 Å². The van der Waals surface area contributed by atoms with E-state index in [4.69, 9.17) is 11.5 Å². The number of likely N-dealkylation sites (N-methyl/N-ethyl adjacent to an activating group) is 1. The average Bonchev–Trinajstić information content (AvgIpc) is 4.02. The fraction of sp³-hybridized carbons (Fsp3) is 0.609. The van der Waals surface area contributed by atoms with Crippen LogP contribution in [0.25, 0.3) is 0 Å². The number of imidazole rings is 1. The van der Waals surface area contributed by atoms with E-state index in [0.29, 0.717) is 30.5 Å². The first-order valence-electron chi connectivity index (χ1n) is 23.4. The van der Waals surface area contributed by atoms with Crippen LogP contribution in [0.1, 0.15) is 84.9 Å². The normalized spacial score (nSPS) is 16.6. The number of benzene rings is 1. The summed E-state index contributed by atoms with van der Waals surface area (Å²) in [6, 6.07) is -2.56. The Kier molecular flexibility index (Phi) is 22.9. The van der Waals surface area contributed by atoms with Gasteiger partial charge in [-0.25, -0.2) is 9.78 Å². The van der Waals surface area contributed by atoms with Crippen LogP contribution in [0.2, 0.25) is 0 Å². The van der Waals surface area contributed by atoms with Crippen LogP contribution in [-0.4, -0.2) is 158 Å². The summed E-state index contributed by atoms with van der Waals surface area (Å²) in [5.74, 6) is -6.99. The lowest BCUT2D eigenvalue weighted by molar-refractivity contribution is -0.146. The highest BCUT2D eigenvalue weighted by atomic mass is 32.2. The molecule has 7 amide bonds. The maximum Gasteiger partial charge on any atom is 0.326 e. The third-order valence-electron chi connectivity index (χ3n) is 12.2. The van der Waals surface area contributed by atoms with E-state index in [1.54, 1.807) is 67.0 Å². The fourth-order valence-corrected chi connectivity index (χ4v) is 8.13. The minimum Gasteiger partial charge on any atom is -0.508 e. The Hall–Kier alpha value is -6.43. The number of hydrogen-bond acceptors (Lipinski definition) is 13. The van der Waals surface area contributed by atoms with Gasteiger partial charge in [0.2, 0.25) is 41.4 Å². The number of aromatic hydroxyl groups is 1. The number of nitrogens with two attached hydrogens (primary N) is 2. The molecule has 3 rings (SSSR count). The second-order valence-corrected chi connectivity index (χ2v) is 19.7. The van der Waals surface area contributed by atoms with E-state index in [2.05, 4.69) is 52.2 Å². The predicted molar refractivity (Wildman–Crippen MR) is 264 cm³/mol. The van der Waals surface area contributed by atoms with Gasteiger partial charge in [-0.1, -0.05) is 46.2 Å². The summed E-state index contributed by atoms with van der Waals surface area (Å²) < 4.78 is -1.05. The number of amides is 7. The SMILES string of the molecule is CC[C@H](C)[C@H](NC(=O)[C@@H]1CCCN1C(=O)[C@H](Cc1cnc[nH]1)NC(=O)[C@@H](NC(=O)[C@H](Cc1ccc(O)cc1)NC(=O)[C@@H](NC(=O)[C@H](CCCN=C(N)N)NC(=O)CNC)C(C)C)C(C)(C)SC)C(=O)O. The molecule has 388 valence electrons. The van der Waals surface area contributed by atoms with E-state index < -0.39 is 100 Å². The summed E-state index contributed by atoms with van der Waals surface area (Å²) in [7, 11) is 1.57. The quantitative estimate of drug-likeness (QED) is 0.0277. The number of rotatable bonds is 28. The monoisotopic (exact) mass is 1000 g/mol. The second-order valence-electron chi connectivity index (χ2n) is 18.3. The van der Waals surface area contributed by atoms with Gasteiger partial charge in [0.05, 0.1) is 12.9 Å². The van der Waals surface area contributed by atoms with Crippen molar-refractivity contribution in [1.82, 2.24) is 52.1 Å². The highest BCUT2D eigenvalue weighted by molar-refractivity contribution is 8.00. The van der Waals surface area contributed by atoms with Crippen molar-refractivity contribution in [3.63, 3.8) is 0 Å². The number of H-pyrrole nitrogens is 1. The first-order chi connectivity index (χ1) is 33.0. The number of carboxylic acids is 1. The summed E-state index contributed by atoms with van der Waals surface area (Å²) in [6.07, 6.45) is 6.03. The van der Waals surface area contributed by atoms with Crippen LogP contribution < -0.4 is 48.7 Å². The van der Waals surface area contributed by atoms with E-state index in [1.165, 1.54) is 41.3 Å². The van der Waals surface area contributed by atoms with Gasteiger partial charge in [-0.05, 0) is 82.4 Å². The van der Waals surface area contributed by atoms with Crippen LogP contribution in [0, 0.1) is 11.8 Å². The molecule has 1 fully saturated rings. The van der Waals surface area contributed by atoms with Gasteiger partial charge in [0.25, 0.3) is 0 Å². The van der Waals surface area contributed by atoms with Crippen molar-refractivity contribution in [2.45, 2.75) is 134 Å². The van der Waals surface area contributed by atoms with Gasteiger partial charge in [-0.3, -0.25) is 38.6 Å². The van der Waals surface area contributed by atoms with E-state index >= 15 is 0 Å². The number of carbonyl (C=O) groups is 8. The molecule has 2 heterocycles. The smallest absolute Gasteiger partial charge is 0.326 e. The number of thioether (sulfide) groups is 1. The minimum atomic E-state index is -1.37. The van der Waals surface area contributed by atoms with Gasteiger partial charge < -0.3 is 68.8 Å². The molecule has 1 aliphatic heterocycles. The Morgan fingerprint density at radius 1 is 0.886 bits per heavy atom. The maximum absolute atomic E-state index is 14.7. The number of aliphatic imine (C=N–C) groups is 1. The number of aliphatic carboxylic acids is 1. The van der Waals surface area contributed by atoms with E-state index in [-0.39, 0.29) is 62.9 Å². The number of phenolic OH excluding ortho intramolecular Hbond substituents is 1. The molecule has 1 aliphatic rings. The lowest BCUT2D eigenvalue weighted by atomic mass is 9.98. The first kappa shape index (κ1) is 57.9. The molecule has 24 heteroatoms. The van der Waals surface area contributed by atoms with Crippen molar-refractivity contribution in [2.24, 2.45) is 28.3 Å². The molecule has 1 saturated heterocycles. The molecule has 0 spiro atoms. The van der Waals surface area contributed by atoms with E-state index in [0.717, 1.165) is 0 Å². The van der Waals surface area contributed by atoms with Gasteiger partial charge >= 0.3 is 5.97 Å². The number of guanidine groups is 1. The number of nitrogens with zero attached hydrogens (tertiary/aromatic N) is 3. The number of nitrogens with one attached hydrogen (secondary N) is 8. The van der Waals surface area contributed by atoms with E-state index in [1.807, 2.05) is 0 Å². The number of carboxylic acid groups (broad SMARTS) is 1. The Bertz CT molecular complexity index is 2120. The molecular formula is C46H73N13O10S. The Morgan fingerprint density at radius 3 is 2.11 bits per heavy atom. The van der Waals surface area contributed by atoms with Crippen molar-refractivity contribution in [1.29, 1.82) is 0 Å². The molecule has 1 aromatic carbocycles. The molecule has 0 aliphatic carbocycles. The number of likely N-dealkylation sites (tertiary alicyclic amines) is 1. The Morgan fingerprint density at radius 2 is 1.54 bits per heavy atom. The summed E-state index contributed by atoms with van der Waals surface area (Å²) >= 11 is 1.25. The maximum atomic E-state index is 14.7. The largest absolute Gasteiger partial charge is 0.508 e. The van der Waals surface area contributed by atoms with Gasteiger partial charge in [-0.15, -0.1) is 0 Å². The molecular weight excluding hydrogens is 927 g/mol. The lowest BCUT2D eigenvalue weighted by Crippen LogP contribution is -2.64. The average molecular weight is 1000 g/mol. The zero-order valence-corrected chi connectivity index (χ0v) is 42.1. The standard InChI is InChI=1S/C46H73N13O10S/c1-9-26(4)36(44(68)69)57-40(64)33-13-11-19-59(33)43(67)32(21-28-22-50-24-52-28)55-42(66)37(46(5,6)70-8)58-39(63)31(20-27-14-16-29(60)17-15-27)54-41(65)35(25(2)3)56-38(62)30(53-34(61)23-49-7)12-10-18-51-45(47)48/h14-17,22,24-26,30-33,35-37,49,60H,9-13,18-21,23H2,1-8H3,(H,50,52)(H,53,61)(H,54,65)(H,55,66)(H,56,62)(H,57,64)(H,58,63)(H,68,69)(H4,47,48,51)/t26-,30-,31-,32-,33-,35-,36-,37+/m0/s1. The van der Waals surface area contributed by atoms with Crippen LogP contribution in [-0.2, 0) is 51.2 Å². The zero-order valence-electron chi connectivity index (χ0n) is 41.3. The van der Waals surface area contributed by atoms with Gasteiger partial charge in [0, 0.05) is 42.6 Å². The molecule has 0 unspecified atom stereocenters. The topological polar surface area (TPSA) is 358 Å². The van der Waals surface area contributed by atoms with Gasteiger partial charge in [0.1, 0.15) is 48.0 Å². The fourth-order valence-electron chi connectivity index (χ4n) is 7.73.